The zero-order valence-electron chi connectivity index (χ0n) is 13.1. The van der Waals surface area contributed by atoms with Crippen molar-refractivity contribution in [2.45, 2.75) is 13.0 Å². The van der Waals surface area contributed by atoms with E-state index in [2.05, 4.69) is 50.1 Å². The molecule has 2 aromatic carbocycles. The number of hydrogen-bond donors (Lipinski definition) is 1. The van der Waals surface area contributed by atoms with Crippen LogP contribution in [0.5, 0.6) is 0 Å². The molecule has 0 aliphatic carbocycles. The second-order valence-electron chi connectivity index (χ2n) is 5.15. The van der Waals surface area contributed by atoms with Crippen molar-refractivity contribution >= 4 is 45.4 Å². The Bertz CT molecular complexity index is 825. The third kappa shape index (κ3) is 4.57. The minimum absolute atomic E-state index is 0. The van der Waals surface area contributed by atoms with Crippen LogP contribution in [-0.2, 0) is 6.54 Å². The fourth-order valence-electron chi connectivity index (χ4n) is 2.35. The predicted octanol–water partition coefficient (Wildman–Crippen LogP) is 4.98. The van der Waals surface area contributed by atoms with Gasteiger partial charge < -0.3 is 10.3 Å². The molecule has 3 nitrogen and oxygen atoms in total. The van der Waals surface area contributed by atoms with Gasteiger partial charge in [0.15, 0.2) is 4.80 Å². The van der Waals surface area contributed by atoms with E-state index in [0.29, 0.717) is 6.54 Å². The Labute approximate surface area is 160 Å². The van der Waals surface area contributed by atoms with Crippen LogP contribution in [0.15, 0.2) is 69.4 Å². The zero-order valence-corrected chi connectivity index (χ0v) is 16.3. The van der Waals surface area contributed by atoms with Gasteiger partial charge in [0.25, 0.3) is 0 Å². The third-order valence-corrected chi connectivity index (χ3v) is 4.90. The van der Waals surface area contributed by atoms with Crippen molar-refractivity contribution in [3.63, 3.8) is 0 Å². The van der Waals surface area contributed by atoms with Crippen molar-refractivity contribution in [1.82, 2.24) is 4.57 Å². The third-order valence-electron chi connectivity index (χ3n) is 3.50. The molecule has 24 heavy (non-hydrogen) atoms. The Morgan fingerprint density at radius 1 is 1.04 bits per heavy atom. The highest BCUT2D eigenvalue weighted by Gasteiger charge is 2.08. The molecule has 1 aromatic heterocycles. The molecule has 0 atom stereocenters. The van der Waals surface area contributed by atoms with Gasteiger partial charge in [-0.3, -0.25) is 0 Å². The Hall–Kier alpha value is -1.40. The molecule has 0 spiro atoms. The Kier molecular flexibility index (Phi) is 7.24. The summed E-state index contributed by atoms with van der Waals surface area (Å²) in [7, 11) is 0. The topological polar surface area (TPSA) is 43.3 Å². The second kappa shape index (κ2) is 9.18. The fraction of sp³-hybridized carbons (Fsp3) is 0.167. The number of nitrogens with two attached hydrogens (primary N) is 1. The summed E-state index contributed by atoms with van der Waals surface area (Å²) in [4.78, 5) is 5.79. The van der Waals surface area contributed by atoms with Gasteiger partial charge in [0.05, 0.1) is 11.4 Å². The van der Waals surface area contributed by atoms with Crippen molar-refractivity contribution in [1.29, 1.82) is 0 Å². The van der Waals surface area contributed by atoms with Gasteiger partial charge in [-0.2, -0.15) is 0 Å². The number of nitrogens with zero attached hydrogens (tertiary/aromatic N) is 2. The molecule has 0 fully saturated rings. The van der Waals surface area contributed by atoms with E-state index in [4.69, 9.17) is 10.7 Å². The SMILES string of the molecule is Cl.NCCCn1c(-c2ccc(Br)cc2)csc1=Nc1ccccc1. The van der Waals surface area contributed by atoms with Crippen molar-refractivity contribution < 1.29 is 0 Å². The maximum atomic E-state index is 5.71. The Morgan fingerprint density at radius 3 is 2.42 bits per heavy atom. The highest BCUT2D eigenvalue weighted by Crippen LogP contribution is 2.23. The summed E-state index contributed by atoms with van der Waals surface area (Å²) in [5.41, 5.74) is 9.06. The van der Waals surface area contributed by atoms with Gasteiger partial charge in [0.1, 0.15) is 0 Å². The van der Waals surface area contributed by atoms with E-state index in [0.717, 1.165) is 27.9 Å². The molecule has 0 bridgehead atoms. The summed E-state index contributed by atoms with van der Waals surface area (Å²) in [6.45, 7) is 1.55. The quantitative estimate of drug-likeness (QED) is 0.616. The van der Waals surface area contributed by atoms with Gasteiger partial charge in [-0.05, 0) is 42.8 Å². The largest absolute Gasteiger partial charge is 0.330 e. The molecule has 126 valence electrons. The summed E-state index contributed by atoms with van der Waals surface area (Å²) in [5.74, 6) is 0. The lowest BCUT2D eigenvalue weighted by Gasteiger charge is -2.08. The number of thiazole rings is 1. The van der Waals surface area contributed by atoms with E-state index in [-0.39, 0.29) is 12.4 Å². The van der Waals surface area contributed by atoms with Crippen molar-refractivity contribution in [3.8, 4) is 11.3 Å². The second-order valence-corrected chi connectivity index (χ2v) is 6.90. The first-order valence-corrected chi connectivity index (χ1v) is 9.19. The number of benzene rings is 2. The minimum Gasteiger partial charge on any atom is -0.330 e. The van der Waals surface area contributed by atoms with Crippen LogP contribution < -0.4 is 10.5 Å². The fourth-order valence-corrected chi connectivity index (χ4v) is 3.57. The van der Waals surface area contributed by atoms with Crippen LogP contribution in [0, 0.1) is 0 Å². The highest BCUT2D eigenvalue weighted by molar-refractivity contribution is 9.10. The number of hydrogen-bond acceptors (Lipinski definition) is 3. The number of halogens is 2. The average Bonchev–Trinajstić information content (AvgIpc) is 2.97. The lowest BCUT2D eigenvalue weighted by molar-refractivity contribution is 0.641. The van der Waals surface area contributed by atoms with E-state index in [1.54, 1.807) is 11.3 Å². The molecule has 1 heterocycles. The minimum atomic E-state index is 0. The summed E-state index contributed by atoms with van der Waals surface area (Å²) in [6, 6.07) is 18.4. The van der Waals surface area contributed by atoms with Gasteiger partial charge in [-0.25, -0.2) is 4.99 Å². The number of para-hydroxylation sites is 1. The van der Waals surface area contributed by atoms with Crippen LogP contribution >= 0.6 is 39.7 Å². The van der Waals surface area contributed by atoms with Crippen LogP contribution in [0.25, 0.3) is 11.3 Å². The maximum Gasteiger partial charge on any atom is 0.190 e. The molecule has 0 saturated heterocycles. The van der Waals surface area contributed by atoms with Crippen LogP contribution in [0.4, 0.5) is 5.69 Å². The molecule has 3 rings (SSSR count). The maximum absolute atomic E-state index is 5.71. The summed E-state index contributed by atoms with van der Waals surface area (Å²) in [5, 5.41) is 2.17. The summed E-state index contributed by atoms with van der Waals surface area (Å²) in [6.07, 6.45) is 0.933. The number of aromatic nitrogens is 1. The van der Waals surface area contributed by atoms with Gasteiger partial charge in [-0.15, -0.1) is 23.7 Å². The normalized spacial score (nSPS) is 11.3. The molecular weight excluding hydrogens is 406 g/mol. The monoisotopic (exact) mass is 423 g/mol. The summed E-state index contributed by atoms with van der Waals surface area (Å²) < 4.78 is 3.34. The van der Waals surface area contributed by atoms with E-state index in [1.165, 1.54) is 11.3 Å². The molecule has 6 heteroatoms. The van der Waals surface area contributed by atoms with E-state index in [9.17, 15) is 0 Å². The molecule has 0 unspecified atom stereocenters. The van der Waals surface area contributed by atoms with Gasteiger partial charge in [0.2, 0.25) is 0 Å². The number of rotatable bonds is 5. The molecule has 0 aliphatic heterocycles. The molecule has 3 aromatic rings. The van der Waals surface area contributed by atoms with Crippen LogP contribution in [0.3, 0.4) is 0 Å². The molecule has 0 amide bonds. The lowest BCUT2D eigenvalue weighted by Crippen LogP contribution is -2.18. The smallest absolute Gasteiger partial charge is 0.190 e. The molecule has 0 aliphatic rings. The van der Waals surface area contributed by atoms with Gasteiger partial charge in [0, 0.05) is 16.4 Å². The van der Waals surface area contributed by atoms with E-state index in [1.807, 2.05) is 30.3 Å². The van der Waals surface area contributed by atoms with Crippen LogP contribution in [0.1, 0.15) is 6.42 Å². The van der Waals surface area contributed by atoms with E-state index >= 15 is 0 Å². The Balaban J connectivity index is 0.00000208. The Morgan fingerprint density at radius 2 is 1.75 bits per heavy atom. The van der Waals surface area contributed by atoms with Gasteiger partial charge >= 0.3 is 0 Å². The van der Waals surface area contributed by atoms with Gasteiger partial charge in [-0.1, -0.05) is 46.3 Å². The lowest BCUT2D eigenvalue weighted by atomic mass is 10.2. The summed E-state index contributed by atoms with van der Waals surface area (Å²) >= 11 is 5.15. The molecular formula is C18H19BrClN3S. The first kappa shape index (κ1) is 18.9. The van der Waals surface area contributed by atoms with Crippen molar-refractivity contribution in [3.05, 3.63) is 69.3 Å². The zero-order chi connectivity index (χ0) is 16.1. The van der Waals surface area contributed by atoms with Crippen molar-refractivity contribution in [2.24, 2.45) is 10.7 Å². The molecule has 0 saturated carbocycles. The molecule has 0 radical (unpaired) electrons. The van der Waals surface area contributed by atoms with Crippen molar-refractivity contribution in [2.75, 3.05) is 6.54 Å². The molecule has 2 N–H and O–H groups in total. The first-order chi connectivity index (χ1) is 11.3. The average molecular weight is 425 g/mol. The highest BCUT2D eigenvalue weighted by atomic mass is 79.9. The predicted molar refractivity (Wildman–Crippen MR) is 108 cm³/mol. The first-order valence-electron chi connectivity index (χ1n) is 7.52. The standard InChI is InChI=1S/C18H18BrN3S.ClH/c19-15-9-7-14(8-10-15)17-13-23-18(22(17)12-4-11-20)21-16-5-2-1-3-6-16;/h1-3,5-10,13H,4,11-12,20H2;1H. The van der Waals surface area contributed by atoms with Crippen LogP contribution in [0.2, 0.25) is 0 Å². The van der Waals surface area contributed by atoms with Crippen LogP contribution in [-0.4, -0.2) is 11.1 Å². The van der Waals surface area contributed by atoms with E-state index < -0.39 is 0 Å².